The Balaban J connectivity index is 1.62. The summed E-state index contributed by atoms with van der Waals surface area (Å²) in [6.07, 6.45) is 2.21. The van der Waals surface area contributed by atoms with Crippen LogP contribution in [0.1, 0.15) is 25.3 Å². The highest BCUT2D eigenvalue weighted by Gasteiger charge is 2.12. The minimum absolute atomic E-state index is 0.0490. The molecule has 29 heavy (non-hydrogen) atoms. The predicted octanol–water partition coefficient (Wildman–Crippen LogP) is 3.79. The first-order chi connectivity index (χ1) is 14.2. The molecule has 1 saturated heterocycles. The van der Waals surface area contributed by atoms with Crippen molar-refractivity contribution in [2.75, 3.05) is 37.7 Å². The van der Waals surface area contributed by atoms with Crippen LogP contribution >= 0.6 is 0 Å². The lowest BCUT2D eigenvalue weighted by Crippen LogP contribution is -2.36. The summed E-state index contributed by atoms with van der Waals surface area (Å²) in [5, 5.41) is 11.1. The van der Waals surface area contributed by atoms with Crippen molar-refractivity contribution >= 4 is 11.6 Å². The number of carbonyl (C=O) groups is 1. The molecule has 0 aliphatic carbocycles. The van der Waals surface area contributed by atoms with E-state index in [1.165, 1.54) is 22.4 Å². The zero-order valence-electron chi connectivity index (χ0n) is 17.1. The third-order valence-corrected chi connectivity index (χ3v) is 5.30. The van der Waals surface area contributed by atoms with Crippen LogP contribution in [0.3, 0.4) is 0 Å². The van der Waals surface area contributed by atoms with Crippen LogP contribution < -0.4 is 10.2 Å². The van der Waals surface area contributed by atoms with E-state index in [0.717, 1.165) is 39.1 Å². The van der Waals surface area contributed by atoms with Gasteiger partial charge in [-0.05, 0) is 47.6 Å². The quantitative estimate of drug-likeness (QED) is 0.696. The average molecular weight is 392 g/mol. The van der Waals surface area contributed by atoms with Crippen LogP contribution in [0.2, 0.25) is 0 Å². The van der Waals surface area contributed by atoms with Crippen LogP contribution in [0.25, 0.3) is 11.1 Å². The van der Waals surface area contributed by atoms with E-state index in [2.05, 4.69) is 65.7 Å². The van der Waals surface area contributed by atoms with Crippen LogP contribution in [0.5, 0.6) is 0 Å². The van der Waals surface area contributed by atoms with Gasteiger partial charge in [0.25, 0.3) is 0 Å². The van der Waals surface area contributed by atoms with Crippen molar-refractivity contribution in [3.63, 3.8) is 0 Å². The van der Waals surface area contributed by atoms with E-state index in [4.69, 9.17) is 10.00 Å². The molecule has 1 amide bonds. The number of anilines is 1. The molecule has 0 radical (unpaired) electrons. The summed E-state index contributed by atoms with van der Waals surface area (Å²) in [6, 6.07) is 19.3. The first kappa shape index (κ1) is 20.9. The second-order valence-corrected chi connectivity index (χ2v) is 7.63. The number of nitriles is 1. The van der Waals surface area contributed by atoms with Gasteiger partial charge in [-0.1, -0.05) is 43.3 Å². The second kappa shape index (κ2) is 10.6. The third kappa shape index (κ3) is 6.33. The van der Waals surface area contributed by atoms with Gasteiger partial charge in [-0.2, -0.15) is 5.26 Å². The zero-order valence-corrected chi connectivity index (χ0v) is 17.1. The molecule has 5 nitrogen and oxygen atoms in total. The molecule has 5 heteroatoms. The van der Waals surface area contributed by atoms with Crippen molar-refractivity contribution < 1.29 is 9.53 Å². The predicted molar refractivity (Wildman–Crippen MR) is 116 cm³/mol. The summed E-state index contributed by atoms with van der Waals surface area (Å²) in [5.41, 5.74) is 4.97. The van der Waals surface area contributed by atoms with Crippen LogP contribution in [-0.4, -0.2) is 38.8 Å². The van der Waals surface area contributed by atoms with E-state index in [0.29, 0.717) is 12.3 Å². The average Bonchev–Trinajstić information content (AvgIpc) is 2.77. The zero-order chi connectivity index (χ0) is 20.5. The number of benzene rings is 2. The van der Waals surface area contributed by atoms with E-state index in [9.17, 15) is 4.79 Å². The van der Waals surface area contributed by atoms with Crippen LogP contribution in [-0.2, 0) is 16.0 Å². The van der Waals surface area contributed by atoms with Crippen molar-refractivity contribution in [3.05, 3.63) is 54.1 Å². The fourth-order valence-electron chi connectivity index (χ4n) is 3.69. The molecule has 0 aromatic heterocycles. The third-order valence-electron chi connectivity index (χ3n) is 5.30. The highest BCUT2D eigenvalue weighted by atomic mass is 16.5. The number of hydrogen-bond acceptors (Lipinski definition) is 4. The van der Waals surface area contributed by atoms with Gasteiger partial charge in [-0.25, -0.2) is 0 Å². The van der Waals surface area contributed by atoms with Crippen molar-refractivity contribution in [2.24, 2.45) is 5.92 Å². The standard InChI is InChI=1S/C24H29N3O2/c1-19(8-9-24(28)26-11-10-25)16-20-4-2-5-21(17-20)22-6-3-7-23(18-22)27-12-14-29-15-13-27/h2-7,17-19H,8-9,11-16H2,1H3,(H,26,28). The maximum absolute atomic E-state index is 11.7. The van der Waals surface area contributed by atoms with E-state index in [-0.39, 0.29) is 12.5 Å². The van der Waals surface area contributed by atoms with E-state index < -0.39 is 0 Å². The SMILES string of the molecule is CC(CCC(=O)NCC#N)Cc1cccc(-c2cccc(N3CCOCC3)c2)c1. The number of morpholine rings is 1. The molecule has 0 bridgehead atoms. The summed E-state index contributed by atoms with van der Waals surface area (Å²) in [6.45, 7) is 5.69. The fraction of sp³-hybridized carbons (Fsp3) is 0.417. The number of nitrogens with one attached hydrogen (secondary N) is 1. The molecule has 152 valence electrons. The van der Waals surface area contributed by atoms with Gasteiger partial charge in [0.2, 0.25) is 5.91 Å². The summed E-state index contributed by atoms with van der Waals surface area (Å²) >= 11 is 0. The van der Waals surface area contributed by atoms with Gasteiger partial charge in [0.05, 0.1) is 19.3 Å². The van der Waals surface area contributed by atoms with E-state index >= 15 is 0 Å². The topological polar surface area (TPSA) is 65.4 Å². The molecular weight excluding hydrogens is 362 g/mol. The van der Waals surface area contributed by atoms with Crippen LogP contribution in [0.15, 0.2) is 48.5 Å². The lowest BCUT2D eigenvalue weighted by molar-refractivity contribution is -0.121. The van der Waals surface area contributed by atoms with Gasteiger partial charge in [0.15, 0.2) is 0 Å². The van der Waals surface area contributed by atoms with Crippen molar-refractivity contribution in [1.82, 2.24) is 5.32 Å². The number of amides is 1. The van der Waals surface area contributed by atoms with Gasteiger partial charge in [-0.15, -0.1) is 0 Å². The monoisotopic (exact) mass is 391 g/mol. The fourth-order valence-corrected chi connectivity index (χ4v) is 3.69. The van der Waals surface area contributed by atoms with Crippen molar-refractivity contribution in [2.45, 2.75) is 26.2 Å². The first-order valence-corrected chi connectivity index (χ1v) is 10.3. The molecule has 2 aromatic rings. The Morgan fingerprint density at radius 3 is 2.66 bits per heavy atom. The van der Waals surface area contributed by atoms with Gasteiger partial charge in [-0.3, -0.25) is 4.79 Å². The van der Waals surface area contributed by atoms with E-state index in [1.807, 2.05) is 6.07 Å². The molecule has 0 saturated carbocycles. The highest BCUT2D eigenvalue weighted by molar-refractivity contribution is 5.76. The Labute approximate surface area is 173 Å². The summed E-state index contributed by atoms with van der Waals surface area (Å²) in [7, 11) is 0. The van der Waals surface area contributed by atoms with Crippen LogP contribution in [0, 0.1) is 17.2 Å². The maximum Gasteiger partial charge on any atom is 0.220 e. The van der Waals surface area contributed by atoms with Crippen molar-refractivity contribution in [1.29, 1.82) is 5.26 Å². The van der Waals surface area contributed by atoms with Gasteiger partial charge in [0.1, 0.15) is 6.54 Å². The minimum atomic E-state index is -0.0490. The molecule has 1 fully saturated rings. The Hall–Kier alpha value is -2.84. The smallest absolute Gasteiger partial charge is 0.220 e. The van der Waals surface area contributed by atoms with Gasteiger partial charge in [0, 0.05) is 25.2 Å². The molecule has 0 spiro atoms. The highest BCUT2D eigenvalue weighted by Crippen LogP contribution is 2.27. The lowest BCUT2D eigenvalue weighted by atomic mass is 9.94. The normalized spacial score (nSPS) is 14.8. The van der Waals surface area contributed by atoms with Gasteiger partial charge < -0.3 is 15.0 Å². The van der Waals surface area contributed by atoms with Crippen LogP contribution in [0.4, 0.5) is 5.69 Å². The summed E-state index contributed by atoms with van der Waals surface area (Å²) in [5.74, 6) is 0.352. The molecule has 1 aliphatic heterocycles. The molecule has 3 rings (SSSR count). The molecule has 1 unspecified atom stereocenters. The minimum Gasteiger partial charge on any atom is -0.378 e. The summed E-state index contributed by atoms with van der Waals surface area (Å²) < 4.78 is 5.46. The first-order valence-electron chi connectivity index (χ1n) is 10.3. The molecule has 1 aliphatic rings. The Morgan fingerprint density at radius 2 is 1.90 bits per heavy atom. The Morgan fingerprint density at radius 1 is 1.17 bits per heavy atom. The maximum atomic E-state index is 11.7. The van der Waals surface area contributed by atoms with Crippen molar-refractivity contribution in [3.8, 4) is 17.2 Å². The van der Waals surface area contributed by atoms with E-state index in [1.54, 1.807) is 0 Å². The Bertz CT molecular complexity index is 853. The number of nitrogens with zero attached hydrogens (tertiary/aromatic N) is 2. The lowest BCUT2D eigenvalue weighted by Gasteiger charge is -2.29. The molecule has 1 atom stereocenters. The molecular formula is C24H29N3O2. The summed E-state index contributed by atoms with van der Waals surface area (Å²) in [4.78, 5) is 14.1. The van der Waals surface area contributed by atoms with Gasteiger partial charge >= 0.3 is 0 Å². The number of rotatable bonds is 8. The molecule has 1 N–H and O–H groups in total. The number of carbonyl (C=O) groups excluding carboxylic acids is 1. The Kier molecular flexibility index (Phi) is 7.66. The molecule has 2 aromatic carbocycles. The number of hydrogen-bond donors (Lipinski definition) is 1. The second-order valence-electron chi connectivity index (χ2n) is 7.63. The molecule has 1 heterocycles. The number of ether oxygens (including phenoxy) is 1. The largest absolute Gasteiger partial charge is 0.378 e.